The maximum atomic E-state index is 12.5. The Morgan fingerprint density at radius 2 is 1.79 bits per heavy atom. The van der Waals surface area contributed by atoms with Gasteiger partial charge in [0.25, 0.3) is 5.91 Å². The van der Waals surface area contributed by atoms with Gasteiger partial charge in [0.2, 0.25) is 0 Å². The molecule has 34 heavy (non-hydrogen) atoms. The highest BCUT2D eigenvalue weighted by atomic mass is 16.5. The Balaban J connectivity index is 1.93. The molecule has 4 rings (SSSR count). The third-order valence-electron chi connectivity index (χ3n) is 5.66. The van der Waals surface area contributed by atoms with Crippen molar-refractivity contribution < 1.29 is 24.2 Å². The van der Waals surface area contributed by atoms with Crippen molar-refractivity contribution in [3.8, 4) is 11.5 Å². The lowest BCUT2D eigenvalue weighted by Gasteiger charge is -2.24. The monoisotopic (exact) mass is 458 g/mol. The molecule has 0 aliphatic carbocycles. The van der Waals surface area contributed by atoms with Crippen LogP contribution in [-0.2, 0) is 4.74 Å². The third-order valence-corrected chi connectivity index (χ3v) is 5.66. The number of methoxy groups -OCH3 is 1. The molecule has 2 N–H and O–H groups in total. The van der Waals surface area contributed by atoms with Crippen LogP contribution in [0, 0.1) is 0 Å². The van der Waals surface area contributed by atoms with Crippen LogP contribution in [-0.4, -0.2) is 51.3 Å². The van der Waals surface area contributed by atoms with E-state index < -0.39 is 5.97 Å². The van der Waals surface area contributed by atoms with Crippen molar-refractivity contribution in [1.82, 2.24) is 5.32 Å². The van der Waals surface area contributed by atoms with E-state index in [9.17, 15) is 14.7 Å². The number of carboxylic acids is 1. The van der Waals surface area contributed by atoms with Crippen LogP contribution >= 0.6 is 0 Å². The van der Waals surface area contributed by atoms with E-state index in [1.54, 1.807) is 19.2 Å². The highest BCUT2D eigenvalue weighted by Gasteiger charge is 2.25. The Kier molecular flexibility index (Phi) is 6.38. The van der Waals surface area contributed by atoms with Crippen LogP contribution in [0.4, 0.5) is 5.69 Å². The van der Waals surface area contributed by atoms with E-state index in [-0.39, 0.29) is 17.0 Å². The Hall–Kier alpha value is -4.10. The van der Waals surface area contributed by atoms with Crippen LogP contribution in [0.2, 0.25) is 0 Å². The number of anilines is 1. The van der Waals surface area contributed by atoms with Gasteiger partial charge in [0.05, 0.1) is 12.2 Å². The molecule has 0 atom stereocenters. The molecule has 1 amide bonds. The second-order valence-corrected chi connectivity index (χ2v) is 8.20. The SMILES string of the molecule is C=c1ccc2c(c1)Oc1cc(N(C)C)ccc1C=2c1ccc(C(=O)NCCOC)cc1C(=O)O. The summed E-state index contributed by atoms with van der Waals surface area (Å²) in [5, 5.41) is 14.3. The first-order valence-electron chi connectivity index (χ1n) is 10.8. The zero-order valence-electron chi connectivity index (χ0n) is 19.3. The molecule has 0 spiro atoms. The second-order valence-electron chi connectivity index (χ2n) is 8.20. The van der Waals surface area contributed by atoms with Crippen LogP contribution in [0.3, 0.4) is 0 Å². The lowest BCUT2D eigenvalue weighted by atomic mass is 9.88. The molecule has 3 aromatic rings. The van der Waals surface area contributed by atoms with Gasteiger partial charge >= 0.3 is 5.97 Å². The molecule has 1 aliphatic rings. The number of benzene rings is 3. The number of rotatable bonds is 7. The molecule has 0 fully saturated rings. The molecule has 0 aromatic heterocycles. The summed E-state index contributed by atoms with van der Waals surface area (Å²) >= 11 is 0. The molecule has 7 nitrogen and oxygen atoms in total. The zero-order valence-corrected chi connectivity index (χ0v) is 19.3. The first-order chi connectivity index (χ1) is 16.3. The smallest absolute Gasteiger partial charge is 0.336 e. The summed E-state index contributed by atoms with van der Waals surface area (Å²) in [6.45, 7) is 4.69. The molecule has 0 unspecified atom stereocenters. The number of hydrogen-bond acceptors (Lipinski definition) is 5. The Bertz CT molecular complexity index is 1390. The summed E-state index contributed by atoms with van der Waals surface area (Å²) in [6, 6.07) is 16.1. The zero-order chi connectivity index (χ0) is 24.4. The maximum Gasteiger partial charge on any atom is 0.336 e. The van der Waals surface area contributed by atoms with Crippen molar-refractivity contribution in [1.29, 1.82) is 0 Å². The van der Waals surface area contributed by atoms with Crippen molar-refractivity contribution >= 4 is 29.7 Å². The van der Waals surface area contributed by atoms with Gasteiger partial charge in [-0.2, -0.15) is 0 Å². The number of aromatic carboxylic acids is 1. The van der Waals surface area contributed by atoms with Crippen LogP contribution < -0.4 is 25.4 Å². The van der Waals surface area contributed by atoms with Gasteiger partial charge in [0, 0.05) is 61.4 Å². The number of hydrogen-bond donors (Lipinski definition) is 2. The van der Waals surface area contributed by atoms with Gasteiger partial charge in [0.15, 0.2) is 0 Å². The summed E-state index contributed by atoms with van der Waals surface area (Å²) in [7, 11) is 5.43. The molecule has 0 saturated heterocycles. The first kappa shape index (κ1) is 23.1. The van der Waals surface area contributed by atoms with E-state index in [4.69, 9.17) is 9.47 Å². The topological polar surface area (TPSA) is 88.1 Å². The van der Waals surface area contributed by atoms with E-state index in [1.807, 2.05) is 55.4 Å². The minimum atomic E-state index is -1.12. The minimum Gasteiger partial charge on any atom is -0.478 e. The van der Waals surface area contributed by atoms with Crippen molar-refractivity contribution in [3.05, 3.63) is 87.3 Å². The van der Waals surface area contributed by atoms with Crippen LogP contribution in [0.15, 0.2) is 54.6 Å². The predicted octanol–water partition coefficient (Wildman–Crippen LogP) is 2.59. The summed E-state index contributed by atoms with van der Waals surface area (Å²) in [6.07, 6.45) is 0. The number of amides is 1. The molecule has 3 aromatic carbocycles. The number of nitrogens with zero attached hydrogens (tertiary/aromatic N) is 1. The molecule has 7 heteroatoms. The lowest BCUT2D eigenvalue weighted by molar-refractivity contribution is 0.0696. The molecule has 1 heterocycles. The largest absolute Gasteiger partial charge is 0.478 e. The van der Waals surface area contributed by atoms with Crippen molar-refractivity contribution in [2.45, 2.75) is 0 Å². The normalized spacial score (nSPS) is 11.8. The number of fused-ring (bicyclic) bond motifs is 2. The fraction of sp³-hybridized carbons (Fsp3) is 0.185. The summed E-state index contributed by atoms with van der Waals surface area (Å²) in [5.74, 6) is -0.260. The standard InChI is InChI=1S/C27H26N2O5/c1-16-5-8-20-23(13-16)34-24-15-18(29(2)3)7-10-21(24)25(20)19-9-6-17(14-22(19)27(31)32)26(30)28-11-12-33-4/h5-10,13-15H,1,11-12H2,2-4H3,(H,28,30)(H,31,32). The Morgan fingerprint density at radius 3 is 2.50 bits per heavy atom. The van der Waals surface area contributed by atoms with Crippen molar-refractivity contribution in [2.75, 3.05) is 39.3 Å². The molecular formula is C27H26N2O5. The molecule has 0 bridgehead atoms. The average molecular weight is 459 g/mol. The molecule has 174 valence electrons. The molecule has 0 saturated carbocycles. The molecule has 0 radical (unpaired) electrons. The first-order valence-corrected chi connectivity index (χ1v) is 10.8. The van der Waals surface area contributed by atoms with E-state index in [0.29, 0.717) is 30.2 Å². The van der Waals surface area contributed by atoms with E-state index in [0.717, 1.165) is 27.3 Å². The highest BCUT2D eigenvalue weighted by Crippen LogP contribution is 2.39. The fourth-order valence-electron chi connectivity index (χ4n) is 3.94. The van der Waals surface area contributed by atoms with E-state index in [2.05, 4.69) is 11.9 Å². The van der Waals surface area contributed by atoms with Gasteiger partial charge in [-0.05, 0) is 41.1 Å². The van der Waals surface area contributed by atoms with Crippen LogP contribution in [0.5, 0.6) is 11.5 Å². The Labute approximate surface area is 197 Å². The number of carboxylic acid groups (broad SMARTS) is 1. The number of carbonyl (C=O) groups excluding carboxylic acids is 1. The predicted molar refractivity (Wildman–Crippen MR) is 131 cm³/mol. The quantitative estimate of drug-likeness (QED) is 0.414. The third kappa shape index (κ3) is 4.38. The summed E-state index contributed by atoms with van der Waals surface area (Å²) in [4.78, 5) is 26.8. The molecule has 1 aliphatic heterocycles. The average Bonchev–Trinajstić information content (AvgIpc) is 2.81. The number of carbonyl (C=O) groups is 2. The Morgan fingerprint density at radius 1 is 1.03 bits per heavy atom. The van der Waals surface area contributed by atoms with Gasteiger partial charge in [-0.3, -0.25) is 4.79 Å². The number of ether oxygens (including phenoxy) is 2. The van der Waals surface area contributed by atoms with E-state index >= 15 is 0 Å². The lowest BCUT2D eigenvalue weighted by Crippen LogP contribution is -2.27. The van der Waals surface area contributed by atoms with Crippen LogP contribution in [0.1, 0.15) is 31.8 Å². The highest BCUT2D eigenvalue weighted by molar-refractivity contribution is 6.02. The number of nitrogens with one attached hydrogen (secondary N) is 1. The van der Waals surface area contributed by atoms with Gasteiger partial charge < -0.3 is 24.8 Å². The molecular weight excluding hydrogens is 432 g/mol. The van der Waals surface area contributed by atoms with Crippen LogP contribution in [0.25, 0.3) is 12.2 Å². The summed E-state index contributed by atoms with van der Waals surface area (Å²) in [5.41, 5.74) is 3.25. The minimum absolute atomic E-state index is 0.0311. The van der Waals surface area contributed by atoms with E-state index in [1.165, 1.54) is 6.07 Å². The van der Waals surface area contributed by atoms with Crippen molar-refractivity contribution in [2.24, 2.45) is 0 Å². The van der Waals surface area contributed by atoms with Crippen molar-refractivity contribution in [3.63, 3.8) is 0 Å². The van der Waals surface area contributed by atoms with Gasteiger partial charge in [0.1, 0.15) is 11.5 Å². The van der Waals surface area contributed by atoms with Gasteiger partial charge in [-0.15, -0.1) is 0 Å². The second kappa shape index (κ2) is 9.41. The summed E-state index contributed by atoms with van der Waals surface area (Å²) < 4.78 is 11.2. The van der Waals surface area contributed by atoms with Gasteiger partial charge in [-0.1, -0.05) is 24.8 Å². The fourth-order valence-corrected chi connectivity index (χ4v) is 3.94. The maximum absolute atomic E-state index is 12.5. The van der Waals surface area contributed by atoms with Gasteiger partial charge in [-0.25, -0.2) is 4.79 Å².